The SMILES string of the molecule is O=C(O)C1(n2cc(Br)cn2)CCOCC1. The van der Waals surface area contributed by atoms with Crippen LogP contribution in [0, 0.1) is 0 Å². The van der Waals surface area contributed by atoms with Crippen LogP contribution in [0.2, 0.25) is 0 Å². The van der Waals surface area contributed by atoms with E-state index in [2.05, 4.69) is 21.0 Å². The first-order chi connectivity index (χ1) is 7.15. The molecule has 0 spiro atoms. The number of hydrogen-bond acceptors (Lipinski definition) is 3. The summed E-state index contributed by atoms with van der Waals surface area (Å²) in [5.41, 5.74) is -0.940. The number of ether oxygens (including phenoxy) is 1. The molecule has 1 aliphatic rings. The number of rotatable bonds is 2. The van der Waals surface area contributed by atoms with Crippen LogP contribution in [-0.4, -0.2) is 34.1 Å². The van der Waals surface area contributed by atoms with Gasteiger partial charge in [0.05, 0.1) is 10.7 Å². The van der Waals surface area contributed by atoms with Crippen LogP contribution in [0.25, 0.3) is 0 Å². The largest absolute Gasteiger partial charge is 0.479 e. The lowest BCUT2D eigenvalue weighted by Gasteiger charge is -2.33. The topological polar surface area (TPSA) is 64.3 Å². The highest BCUT2D eigenvalue weighted by molar-refractivity contribution is 9.10. The van der Waals surface area contributed by atoms with Crippen molar-refractivity contribution >= 4 is 21.9 Å². The predicted molar refractivity (Wildman–Crippen MR) is 55.6 cm³/mol. The van der Waals surface area contributed by atoms with Crippen molar-refractivity contribution in [1.82, 2.24) is 9.78 Å². The third-order valence-corrected chi connectivity index (χ3v) is 3.12. The molecule has 0 atom stereocenters. The number of hydrogen-bond donors (Lipinski definition) is 1. The van der Waals surface area contributed by atoms with Crippen LogP contribution in [-0.2, 0) is 15.1 Å². The average Bonchev–Trinajstić information content (AvgIpc) is 2.66. The van der Waals surface area contributed by atoms with Crippen LogP contribution in [0.3, 0.4) is 0 Å². The number of carbonyl (C=O) groups is 1. The molecule has 0 amide bonds. The van der Waals surface area contributed by atoms with Crippen molar-refractivity contribution in [3.05, 3.63) is 16.9 Å². The number of halogens is 1. The lowest BCUT2D eigenvalue weighted by Crippen LogP contribution is -2.46. The van der Waals surface area contributed by atoms with Crippen molar-refractivity contribution < 1.29 is 14.6 Å². The van der Waals surface area contributed by atoms with Gasteiger partial charge < -0.3 is 9.84 Å². The van der Waals surface area contributed by atoms with Gasteiger partial charge in [0.25, 0.3) is 0 Å². The van der Waals surface area contributed by atoms with Crippen LogP contribution in [0.15, 0.2) is 16.9 Å². The van der Waals surface area contributed by atoms with E-state index in [4.69, 9.17) is 4.74 Å². The second-order valence-electron chi connectivity index (χ2n) is 3.55. The number of aromatic nitrogens is 2. The van der Waals surface area contributed by atoms with Gasteiger partial charge in [0.15, 0.2) is 5.54 Å². The van der Waals surface area contributed by atoms with Crippen molar-refractivity contribution in [3.63, 3.8) is 0 Å². The molecule has 1 fully saturated rings. The highest BCUT2D eigenvalue weighted by Crippen LogP contribution is 2.29. The Labute approximate surface area is 95.2 Å². The Bertz CT molecular complexity index is 371. The Hall–Kier alpha value is -0.880. The third kappa shape index (κ3) is 1.79. The zero-order valence-electron chi connectivity index (χ0n) is 8.02. The molecule has 82 valence electrons. The van der Waals surface area contributed by atoms with Crippen molar-refractivity contribution in [2.75, 3.05) is 13.2 Å². The molecule has 2 heterocycles. The zero-order valence-corrected chi connectivity index (χ0v) is 9.61. The van der Waals surface area contributed by atoms with E-state index in [-0.39, 0.29) is 0 Å². The molecular weight excluding hydrogens is 264 g/mol. The van der Waals surface area contributed by atoms with Crippen molar-refractivity contribution in [2.24, 2.45) is 0 Å². The molecule has 1 aromatic heterocycles. The first-order valence-electron chi connectivity index (χ1n) is 4.67. The molecule has 6 heteroatoms. The molecular formula is C9H11BrN2O3. The molecule has 0 unspecified atom stereocenters. The summed E-state index contributed by atoms with van der Waals surface area (Å²) in [7, 11) is 0. The van der Waals surface area contributed by atoms with Gasteiger partial charge in [-0.1, -0.05) is 0 Å². The Morgan fingerprint density at radius 3 is 2.73 bits per heavy atom. The first-order valence-corrected chi connectivity index (χ1v) is 5.46. The smallest absolute Gasteiger partial charge is 0.331 e. The second kappa shape index (κ2) is 3.94. The fourth-order valence-electron chi connectivity index (χ4n) is 1.78. The average molecular weight is 275 g/mol. The molecule has 5 nitrogen and oxygen atoms in total. The van der Waals surface area contributed by atoms with E-state index in [1.165, 1.54) is 4.68 Å². The van der Waals surface area contributed by atoms with Gasteiger partial charge in [0.1, 0.15) is 0 Å². The Balaban J connectivity index is 2.37. The van der Waals surface area contributed by atoms with Crippen molar-refractivity contribution in [1.29, 1.82) is 0 Å². The van der Waals surface area contributed by atoms with E-state index in [1.54, 1.807) is 12.4 Å². The number of aliphatic carboxylic acids is 1. The fourth-order valence-corrected chi connectivity index (χ4v) is 2.07. The molecule has 0 aliphatic carbocycles. The Morgan fingerprint density at radius 2 is 2.27 bits per heavy atom. The highest BCUT2D eigenvalue weighted by Gasteiger charge is 2.42. The first kappa shape index (κ1) is 10.6. The van der Waals surface area contributed by atoms with Gasteiger partial charge in [0, 0.05) is 32.3 Å². The van der Waals surface area contributed by atoms with Crippen molar-refractivity contribution in [3.8, 4) is 0 Å². The molecule has 1 aliphatic heterocycles. The summed E-state index contributed by atoms with van der Waals surface area (Å²) in [5.74, 6) is -0.846. The Morgan fingerprint density at radius 1 is 1.60 bits per heavy atom. The minimum absolute atomic E-state index is 0.455. The summed E-state index contributed by atoms with van der Waals surface area (Å²) >= 11 is 3.26. The number of nitrogens with zero attached hydrogens (tertiary/aromatic N) is 2. The summed E-state index contributed by atoms with van der Waals surface area (Å²) in [4.78, 5) is 11.4. The summed E-state index contributed by atoms with van der Waals surface area (Å²) < 4.78 is 7.49. The summed E-state index contributed by atoms with van der Waals surface area (Å²) in [6.07, 6.45) is 4.20. The van der Waals surface area contributed by atoms with Crippen molar-refractivity contribution in [2.45, 2.75) is 18.4 Å². The van der Waals surface area contributed by atoms with E-state index in [0.29, 0.717) is 26.1 Å². The lowest BCUT2D eigenvalue weighted by atomic mass is 9.90. The van der Waals surface area contributed by atoms with Gasteiger partial charge in [-0.15, -0.1) is 0 Å². The molecule has 1 N–H and O–H groups in total. The van der Waals surface area contributed by atoms with E-state index in [9.17, 15) is 9.90 Å². The predicted octanol–water partition coefficient (Wildman–Crippen LogP) is 1.24. The van der Waals surface area contributed by atoms with Crippen LogP contribution < -0.4 is 0 Å². The molecule has 0 saturated carbocycles. The maximum atomic E-state index is 11.4. The molecule has 2 rings (SSSR count). The standard InChI is InChI=1S/C9H11BrN2O3/c10-7-5-11-12(6-7)9(8(13)14)1-3-15-4-2-9/h5-6H,1-4H2,(H,13,14). The highest BCUT2D eigenvalue weighted by atomic mass is 79.9. The normalized spacial score (nSPS) is 20.1. The number of carboxylic acids is 1. The monoisotopic (exact) mass is 274 g/mol. The van der Waals surface area contributed by atoms with Crippen LogP contribution >= 0.6 is 15.9 Å². The van der Waals surface area contributed by atoms with E-state index >= 15 is 0 Å². The minimum Gasteiger partial charge on any atom is -0.479 e. The quantitative estimate of drug-likeness (QED) is 0.881. The van der Waals surface area contributed by atoms with Crippen LogP contribution in [0.1, 0.15) is 12.8 Å². The van der Waals surface area contributed by atoms with Gasteiger partial charge in [-0.25, -0.2) is 4.79 Å². The molecule has 0 radical (unpaired) electrons. The second-order valence-corrected chi connectivity index (χ2v) is 4.47. The summed E-state index contributed by atoms with van der Waals surface area (Å²) in [6, 6.07) is 0. The van der Waals surface area contributed by atoms with E-state index in [0.717, 1.165) is 4.47 Å². The summed E-state index contributed by atoms with van der Waals surface area (Å²) in [6.45, 7) is 0.924. The van der Waals surface area contributed by atoms with Crippen LogP contribution in [0.5, 0.6) is 0 Å². The molecule has 1 aromatic rings. The lowest BCUT2D eigenvalue weighted by molar-refractivity contribution is -0.153. The molecule has 1 saturated heterocycles. The maximum Gasteiger partial charge on any atom is 0.331 e. The number of carboxylic acid groups (broad SMARTS) is 1. The zero-order chi connectivity index (χ0) is 10.9. The van der Waals surface area contributed by atoms with Gasteiger partial charge >= 0.3 is 5.97 Å². The maximum absolute atomic E-state index is 11.4. The van der Waals surface area contributed by atoms with Gasteiger partial charge in [-0.2, -0.15) is 5.10 Å². The van der Waals surface area contributed by atoms with Gasteiger partial charge in [0.2, 0.25) is 0 Å². The molecule has 15 heavy (non-hydrogen) atoms. The van der Waals surface area contributed by atoms with Crippen LogP contribution in [0.4, 0.5) is 0 Å². The fraction of sp³-hybridized carbons (Fsp3) is 0.556. The summed E-state index contributed by atoms with van der Waals surface area (Å²) in [5, 5.41) is 13.4. The third-order valence-electron chi connectivity index (χ3n) is 2.71. The van der Waals surface area contributed by atoms with Gasteiger partial charge in [-0.3, -0.25) is 4.68 Å². The van der Waals surface area contributed by atoms with E-state index in [1.807, 2.05) is 0 Å². The minimum atomic E-state index is -0.940. The van der Waals surface area contributed by atoms with E-state index < -0.39 is 11.5 Å². The molecule has 0 aromatic carbocycles. The van der Waals surface area contributed by atoms with Gasteiger partial charge in [-0.05, 0) is 15.9 Å². The molecule has 0 bridgehead atoms. The Kier molecular flexibility index (Phi) is 2.79.